The summed E-state index contributed by atoms with van der Waals surface area (Å²) in [5, 5.41) is 12.2. The Balaban J connectivity index is 1.75. The van der Waals surface area contributed by atoms with Gasteiger partial charge >= 0.3 is 0 Å². The van der Waals surface area contributed by atoms with Gasteiger partial charge in [-0.3, -0.25) is 10.1 Å². The van der Waals surface area contributed by atoms with E-state index < -0.39 is 0 Å². The summed E-state index contributed by atoms with van der Waals surface area (Å²) in [6, 6.07) is 7.02. The lowest BCUT2D eigenvalue weighted by Crippen LogP contribution is -2.11. The van der Waals surface area contributed by atoms with Gasteiger partial charge < -0.3 is 5.11 Å². The van der Waals surface area contributed by atoms with E-state index in [0.29, 0.717) is 16.3 Å². The molecule has 1 aliphatic rings. The van der Waals surface area contributed by atoms with Crippen LogP contribution in [0.4, 0.5) is 5.13 Å². The van der Waals surface area contributed by atoms with Crippen LogP contribution in [0.3, 0.4) is 0 Å². The topological polar surface area (TPSA) is 62.2 Å². The summed E-state index contributed by atoms with van der Waals surface area (Å²) < 4.78 is 0. The fourth-order valence-electron chi connectivity index (χ4n) is 2.29. The van der Waals surface area contributed by atoms with Crippen molar-refractivity contribution in [3.05, 3.63) is 46.0 Å². The number of aliphatic hydroxyl groups excluding tert-OH is 1. The molecule has 0 atom stereocenters. The van der Waals surface area contributed by atoms with Crippen LogP contribution < -0.4 is 5.32 Å². The first-order valence-corrected chi connectivity index (χ1v) is 7.57. The summed E-state index contributed by atoms with van der Waals surface area (Å²) in [6.07, 6.45) is 3.23. The third-order valence-electron chi connectivity index (χ3n) is 3.25. The van der Waals surface area contributed by atoms with Crippen molar-refractivity contribution in [1.29, 1.82) is 0 Å². The maximum atomic E-state index is 12.2. The molecule has 1 amide bonds. The second-order valence-corrected chi connectivity index (χ2v) is 5.82. The number of nitrogens with one attached hydrogen (secondary N) is 1. The number of rotatable bonds is 2. The van der Waals surface area contributed by atoms with Crippen molar-refractivity contribution in [3.8, 4) is 11.8 Å². The number of benzene rings is 1. The molecule has 0 bridgehead atoms. The number of anilines is 1. The molecule has 0 saturated heterocycles. The maximum absolute atomic E-state index is 12.2. The van der Waals surface area contributed by atoms with E-state index in [9.17, 15) is 4.79 Å². The number of nitrogens with zero attached hydrogens (tertiary/aromatic N) is 1. The number of carbonyl (C=O) groups is 1. The summed E-state index contributed by atoms with van der Waals surface area (Å²) in [4.78, 5) is 18.0. The molecule has 1 heterocycles. The van der Waals surface area contributed by atoms with E-state index in [1.807, 2.05) is 0 Å². The molecule has 0 saturated carbocycles. The van der Waals surface area contributed by atoms with Gasteiger partial charge in [0.15, 0.2) is 5.13 Å². The van der Waals surface area contributed by atoms with Crippen molar-refractivity contribution >= 4 is 22.4 Å². The molecule has 0 radical (unpaired) electrons. The van der Waals surface area contributed by atoms with Gasteiger partial charge in [0, 0.05) is 16.0 Å². The average Bonchev–Trinajstić information content (AvgIpc) is 3.06. The normalized spacial score (nSPS) is 12.4. The van der Waals surface area contributed by atoms with Crippen molar-refractivity contribution < 1.29 is 9.90 Å². The quantitative estimate of drug-likeness (QED) is 0.836. The lowest BCUT2D eigenvalue weighted by Gasteiger charge is -2.02. The molecule has 4 nitrogen and oxygen atoms in total. The van der Waals surface area contributed by atoms with Gasteiger partial charge in [-0.25, -0.2) is 4.98 Å². The smallest absolute Gasteiger partial charge is 0.257 e. The molecule has 1 aromatic carbocycles. The Morgan fingerprint density at radius 2 is 2.33 bits per heavy atom. The third kappa shape index (κ3) is 3.13. The van der Waals surface area contributed by atoms with Crippen LogP contribution in [0.2, 0.25) is 0 Å². The second kappa shape index (κ2) is 6.08. The van der Waals surface area contributed by atoms with Crippen LogP contribution in [0.15, 0.2) is 24.3 Å². The van der Waals surface area contributed by atoms with Crippen molar-refractivity contribution in [2.75, 3.05) is 11.9 Å². The van der Waals surface area contributed by atoms with Gasteiger partial charge in [-0.2, -0.15) is 0 Å². The van der Waals surface area contributed by atoms with Gasteiger partial charge in [-0.1, -0.05) is 17.9 Å². The number of aryl methyl sites for hydroxylation is 2. The Bertz CT molecular complexity index is 719. The first-order chi connectivity index (χ1) is 10.3. The summed E-state index contributed by atoms with van der Waals surface area (Å²) >= 11 is 1.56. The number of aromatic nitrogens is 1. The Morgan fingerprint density at radius 1 is 1.43 bits per heavy atom. The molecule has 106 valence electrons. The van der Waals surface area contributed by atoms with E-state index in [0.717, 1.165) is 25.0 Å². The Hall–Kier alpha value is -2.16. The van der Waals surface area contributed by atoms with E-state index >= 15 is 0 Å². The van der Waals surface area contributed by atoms with E-state index in [1.54, 1.807) is 35.6 Å². The number of carbonyl (C=O) groups excluding carboxylic acids is 1. The molecule has 1 aromatic heterocycles. The SMILES string of the molecule is O=C(Nc1nc2c(s1)CCC2)c1cccc(C#CCO)c1. The summed E-state index contributed by atoms with van der Waals surface area (Å²) in [5.41, 5.74) is 2.37. The monoisotopic (exact) mass is 298 g/mol. The fraction of sp³-hybridized carbons (Fsp3) is 0.250. The minimum absolute atomic E-state index is 0.185. The third-order valence-corrected chi connectivity index (χ3v) is 4.33. The van der Waals surface area contributed by atoms with Crippen LogP contribution >= 0.6 is 11.3 Å². The predicted molar refractivity (Wildman–Crippen MR) is 82.5 cm³/mol. The molecule has 0 unspecified atom stereocenters. The Kier molecular flexibility index (Phi) is 4.00. The highest BCUT2D eigenvalue weighted by atomic mass is 32.1. The van der Waals surface area contributed by atoms with Gasteiger partial charge in [-0.05, 0) is 37.5 Å². The fourth-order valence-corrected chi connectivity index (χ4v) is 3.34. The number of fused-ring (bicyclic) bond motifs is 1. The van der Waals surface area contributed by atoms with E-state index in [2.05, 4.69) is 22.1 Å². The van der Waals surface area contributed by atoms with Crippen LogP contribution in [0, 0.1) is 11.8 Å². The minimum Gasteiger partial charge on any atom is -0.384 e. The van der Waals surface area contributed by atoms with Crippen molar-refractivity contribution in [3.63, 3.8) is 0 Å². The molecule has 1 aliphatic carbocycles. The lowest BCUT2D eigenvalue weighted by atomic mass is 10.1. The maximum Gasteiger partial charge on any atom is 0.257 e. The molecular weight excluding hydrogens is 284 g/mol. The molecule has 2 aromatic rings. The first-order valence-electron chi connectivity index (χ1n) is 6.76. The molecule has 2 N–H and O–H groups in total. The zero-order valence-corrected chi connectivity index (χ0v) is 12.2. The number of hydrogen-bond acceptors (Lipinski definition) is 4. The Morgan fingerprint density at radius 3 is 3.14 bits per heavy atom. The average molecular weight is 298 g/mol. The molecule has 5 heteroatoms. The predicted octanol–water partition coefficient (Wildman–Crippen LogP) is 2.23. The zero-order chi connectivity index (χ0) is 14.7. The van der Waals surface area contributed by atoms with E-state index in [4.69, 9.17) is 5.11 Å². The highest BCUT2D eigenvalue weighted by molar-refractivity contribution is 7.15. The number of aliphatic hydroxyl groups is 1. The highest BCUT2D eigenvalue weighted by Crippen LogP contribution is 2.30. The standard InChI is InChI=1S/C16H14N2O2S/c19-9-3-5-11-4-1-6-12(10-11)15(20)18-16-17-13-7-2-8-14(13)21-16/h1,4,6,10,19H,2,7-9H2,(H,17,18,20). The van der Waals surface area contributed by atoms with Crippen molar-refractivity contribution in [2.45, 2.75) is 19.3 Å². The van der Waals surface area contributed by atoms with Gasteiger partial charge in [0.05, 0.1) is 5.69 Å². The molecule has 0 fully saturated rings. The molecule has 21 heavy (non-hydrogen) atoms. The van der Waals surface area contributed by atoms with Crippen LogP contribution in [0.1, 0.15) is 32.9 Å². The van der Waals surface area contributed by atoms with Crippen LogP contribution in [0.5, 0.6) is 0 Å². The number of hydrogen-bond donors (Lipinski definition) is 2. The zero-order valence-electron chi connectivity index (χ0n) is 11.3. The van der Waals surface area contributed by atoms with Crippen LogP contribution in [-0.4, -0.2) is 22.6 Å². The van der Waals surface area contributed by atoms with E-state index in [1.165, 1.54) is 4.88 Å². The minimum atomic E-state index is -0.193. The number of thiazole rings is 1. The van der Waals surface area contributed by atoms with Gasteiger partial charge in [-0.15, -0.1) is 11.3 Å². The Labute approximate surface area is 126 Å². The van der Waals surface area contributed by atoms with Crippen LogP contribution in [0.25, 0.3) is 0 Å². The van der Waals surface area contributed by atoms with Gasteiger partial charge in [0.2, 0.25) is 0 Å². The summed E-state index contributed by atoms with van der Waals surface area (Å²) in [5.74, 6) is 5.18. The van der Waals surface area contributed by atoms with Crippen molar-refractivity contribution in [2.24, 2.45) is 0 Å². The van der Waals surface area contributed by atoms with Crippen LogP contribution in [-0.2, 0) is 12.8 Å². The summed E-state index contributed by atoms with van der Waals surface area (Å²) in [7, 11) is 0. The highest BCUT2D eigenvalue weighted by Gasteiger charge is 2.18. The van der Waals surface area contributed by atoms with Crippen molar-refractivity contribution in [1.82, 2.24) is 4.98 Å². The second-order valence-electron chi connectivity index (χ2n) is 4.74. The van der Waals surface area contributed by atoms with E-state index in [-0.39, 0.29) is 12.5 Å². The van der Waals surface area contributed by atoms with Gasteiger partial charge in [0.25, 0.3) is 5.91 Å². The summed E-state index contributed by atoms with van der Waals surface area (Å²) in [6.45, 7) is -0.193. The molecule has 0 aliphatic heterocycles. The number of amides is 1. The largest absolute Gasteiger partial charge is 0.384 e. The first kappa shape index (κ1) is 13.8. The molecule has 3 rings (SSSR count). The molecular formula is C16H14N2O2S. The van der Waals surface area contributed by atoms with Gasteiger partial charge in [0.1, 0.15) is 6.61 Å². The lowest BCUT2D eigenvalue weighted by molar-refractivity contribution is 0.102. The molecule has 0 spiro atoms.